The van der Waals surface area contributed by atoms with Crippen molar-refractivity contribution in [2.45, 2.75) is 0 Å². The molecule has 0 bridgehead atoms. The van der Waals surface area contributed by atoms with Crippen LogP contribution in [0.2, 0.25) is 10.0 Å². The van der Waals surface area contributed by atoms with Crippen LogP contribution in [0.25, 0.3) is 10.8 Å². The van der Waals surface area contributed by atoms with E-state index in [9.17, 15) is 15.0 Å². The highest BCUT2D eigenvalue weighted by Gasteiger charge is 2.12. The minimum atomic E-state index is -0.560. The van der Waals surface area contributed by atoms with E-state index in [1.165, 1.54) is 24.4 Å². The molecule has 3 aromatic rings. The van der Waals surface area contributed by atoms with Gasteiger partial charge in [0.2, 0.25) is 0 Å². The second-order valence-electron chi connectivity index (χ2n) is 5.25. The Kier molecular flexibility index (Phi) is 4.79. The van der Waals surface area contributed by atoms with Gasteiger partial charge in [-0.1, -0.05) is 47.5 Å². The van der Waals surface area contributed by atoms with Crippen molar-refractivity contribution >= 4 is 46.1 Å². The number of benzene rings is 3. The molecule has 0 saturated heterocycles. The first kappa shape index (κ1) is 17.1. The summed E-state index contributed by atoms with van der Waals surface area (Å²) in [4.78, 5) is 12.2. The predicted octanol–water partition coefficient (Wildman–Crippen LogP) is 4.32. The first-order chi connectivity index (χ1) is 12.0. The van der Waals surface area contributed by atoms with Gasteiger partial charge < -0.3 is 10.2 Å². The van der Waals surface area contributed by atoms with Gasteiger partial charge in [0.05, 0.1) is 21.8 Å². The second-order valence-corrected chi connectivity index (χ2v) is 6.06. The molecule has 7 heteroatoms. The van der Waals surface area contributed by atoms with Crippen molar-refractivity contribution in [3.8, 4) is 11.5 Å². The first-order valence-corrected chi connectivity index (χ1v) is 7.94. The highest BCUT2D eigenvalue weighted by Crippen LogP contribution is 2.32. The van der Waals surface area contributed by atoms with Crippen LogP contribution in [-0.4, -0.2) is 22.3 Å². The van der Waals surface area contributed by atoms with Gasteiger partial charge in [-0.25, -0.2) is 5.43 Å². The third kappa shape index (κ3) is 3.68. The van der Waals surface area contributed by atoms with Crippen LogP contribution in [0.4, 0.5) is 0 Å². The second kappa shape index (κ2) is 7.01. The lowest BCUT2D eigenvalue weighted by Gasteiger charge is -2.06. The molecule has 0 aromatic heterocycles. The lowest BCUT2D eigenvalue weighted by Crippen LogP contribution is -2.17. The Bertz CT molecular complexity index is 980. The molecule has 0 aliphatic rings. The molecule has 0 aliphatic carbocycles. The number of phenolic OH excluding ortho intramolecular Hbond substituents is 2. The van der Waals surface area contributed by atoms with E-state index >= 15 is 0 Å². The number of rotatable bonds is 3. The lowest BCUT2D eigenvalue weighted by atomic mass is 10.1. The number of amides is 1. The monoisotopic (exact) mass is 374 g/mol. The quantitative estimate of drug-likeness (QED) is 0.471. The van der Waals surface area contributed by atoms with E-state index in [1.807, 2.05) is 24.3 Å². The number of nitrogens with zero attached hydrogens (tertiary/aromatic N) is 1. The molecule has 0 unspecified atom stereocenters. The highest BCUT2D eigenvalue weighted by atomic mass is 35.5. The average Bonchev–Trinajstić information content (AvgIpc) is 2.58. The van der Waals surface area contributed by atoms with Crippen molar-refractivity contribution < 1.29 is 15.0 Å². The molecule has 3 N–H and O–H groups in total. The largest absolute Gasteiger partial charge is 0.507 e. The maximum Gasteiger partial charge on any atom is 0.275 e. The molecule has 0 atom stereocenters. The van der Waals surface area contributed by atoms with Gasteiger partial charge in [-0.15, -0.1) is 0 Å². The zero-order valence-electron chi connectivity index (χ0n) is 12.7. The van der Waals surface area contributed by atoms with Crippen LogP contribution in [0, 0.1) is 0 Å². The molecule has 0 fully saturated rings. The number of hydrazone groups is 1. The fourth-order valence-corrected chi connectivity index (χ4v) is 2.80. The summed E-state index contributed by atoms with van der Waals surface area (Å²) in [6.45, 7) is 0. The smallest absolute Gasteiger partial charge is 0.275 e. The van der Waals surface area contributed by atoms with E-state index in [-0.39, 0.29) is 27.1 Å². The van der Waals surface area contributed by atoms with Gasteiger partial charge in [-0.3, -0.25) is 4.79 Å². The van der Waals surface area contributed by atoms with Crippen molar-refractivity contribution in [2.24, 2.45) is 5.10 Å². The zero-order chi connectivity index (χ0) is 18.0. The maximum absolute atomic E-state index is 12.2. The average molecular weight is 375 g/mol. The molecular weight excluding hydrogens is 363 g/mol. The number of nitrogens with one attached hydrogen (secondary N) is 1. The first-order valence-electron chi connectivity index (χ1n) is 7.19. The summed E-state index contributed by atoms with van der Waals surface area (Å²) in [6, 6.07) is 13.4. The van der Waals surface area contributed by atoms with Crippen LogP contribution in [0.15, 0.2) is 53.6 Å². The molecule has 1 amide bonds. The molecule has 25 heavy (non-hydrogen) atoms. The summed E-state index contributed by atoms with van der Waals surface area (Å²) < 4.78 is 0. The van der Waals surface area contributed by atoms with Gasteiger partial charge in [0.25, 0.3) is 5.91 Å². The fourth-order valence-electron chi connectivity index (χ4n) is 2.30. The van der Waals surface area contributed by atoms with Gasteiger partial charge in [-0.05, 0) is 40.6 Å². The fraction of sp³-hybridized carbons (Fsp3) is 0. The number of fused-ring (bicyclic) bond motifs is 1. The standard InChI is InChI=1S/C18H12Cl2N2O3/c19-14-5-10(6-15(20)17(14)24)9-21-22-18(25)13-7-11-3-1-2-4-12(11)8-16(13)23/h1-9,23-24H,(H,22,25)/b21-9-. The highest BCUT2D eigenvalue weighted by molar-refractivity contribution is 6.37. The molecular formula is C18H12Cl2N2O3. The Morgan fingerprint density at radius 2 is 1.60 bits per heavy atom. The lowest BCUT2D eigenvalue weighted by molar-refractivity contribution is 0.0952. The van der Waals surface area contributed by atoms with Gasteiger partial charge in [-0.2, -0.15) is 5.10 Å². The minimum Gasteiger partial charge on any atom is -0.507 e. The molecule has 0 radical (unpaired) electrons. The van der Waals surface area contributed by atoms with E-state index in [4.69, 9.17) is 23.2 Å². The molecule has 3 aromatic carbocycles. The van der Waals surface area contributed by atoms with Crippen LogP contribution in [0.5, 0.6) is 11.5 Å². The number of hydrogen-bond acceptors (Lipinski definition) is 4. The predicted molar refractivity (Wildman–Crippen MR) is 98.8 cm³/mol. The van der Waals surface area contributed by atoms with Gasteiger partial charge in [0.15, 0.2) is 5.75 Å². The van der Waals surface area contributed by atoms with Crippen molar-refractivity contribution in [1.29, 1.82) is 0 Å². The van der Waals surface area contributed by atoms with Crippen LogP contribution < -0.4 is 5.43 Å². The Morgan fingerprint density at radius 1 is 1.00 bits per heavy atom. The van der Waals surface area contributed by atoms with E-state index in [1.54, 1.807) is 6.07 Å². The number of carbonyl (C=O) groups is 1. The van der Waals surface area contributed by atoms with Crippen molar-refractivity contribution in [3.05, 3.63) is 69.7 Å². The number of aromatic hydroxyl groups is 2. The maximum atomic E-state index is 12.2. The number of hydrogen-bond donors (Lipinski definition) is 3. The molecule has 0 heterocycles. The van der Waals surface area contributed by atoms with Crippen LogP contribution in [-0.2, 0) is 0 Å². The Morgan fingerprint density at radius 3 is 2.24 bits per heavy atom. The molecule has 5 nitrogen and oxygen atoms in total. The SMILES string of the molecule is O=C(N/N=C\c1cc(Cl)c(O)c(Cl)c1)c1cc2ccccc2cc1O. The number of phenols is 2. The molecule has 0 saturated carbocycles. The van der Waals surface area contributed by atoms with Crippen molar-refractivity contribution in [3.63, 3.8) is 0 Å². The topological polar surface area (TPSA) is 81.9 Å². The number of halogens is 2. The van der Waals surface area contributed by atoms with Gasteiger partial charge >= 0.3 is 0 Å². The molecule has 0 aliphatic heterocycles. The molecule has 3 rings (SSSR count). The third-order valence-electron chi connectivity index (χ3n) is 3.53. The Balaban J connectivity index is 1.80. The Hall–Kier alpha value is -2.76. The normalized spacial score (nSPS) is 11.1. The van der Waals surface area contributed by atoms with Crippen molar-refractivity contribution in [2.75, 3.05) is 0 Å². The van der Waals surface area contributed by atoms with E-state index < -0.39 is 5.91 Å². The summed E-state index contributed by atoms with van der Waals surface area (Å²) in [6.07, 6.45) is 1.33. The Labute approximate surface area is 153 Å². The van der Waals surface area contributed by atoms with Crippen molar-refractivity contribution in [1.82, 2.24) is 5.43 Å². The number of carbonyl (C=O) groups excluding carboxylic acids is 1. The van der Waals surface area contributed by atoms with Gasteiger partial charge in [0, 0.05) is 0 Å². The summed E-state index contributed by atoms with van der Waals surface area (Å²) in [7, 11) is 0. The summed E-state index contributed by atoms with van der Waals surface area (Å²) in [5, 5.41) is 25.1. The van der Waals surface area contributed by atoms with E-state index in [2.05, 4.69) is 10.5 Å². The van der Waals surface area contributed by atoms with Gasteiger partial charge in [0.1, 0.15) is 5.75 Å². The van der Waals surface area contributed by atoms with Crippen LogP contribution >= 0.6 is 23.2 Å². The third-order valence-corrected chi connectivity index (χ3v) is 4.10. The van der Waals surface area contributed by atoms with Crippen LogP contribution in [0.1, 0.15) is 15.9 Å². The van der Waals surface area contributed by atoms with Crippen LogP contribution in [0.3, 0.4) is 0 Å². The summed E-state index contributed by atoms with van der Waals surface area (Å²) in [5.74, 6) is -0.914. The molecule has 0 spiro atoms. The van der Waals surface area contributed by atoms with E-state index in [0.717, 1.165) is 10.8 Å². The van der Waals surface area contributed by atoms with E-state index in [0.29, 0.717) is 5.56 Å². The minimum absolute atomic E-state index is 0.0763. The summed E-state index contributed by atoms with van der Waals surface area (Å²) in [5.41, 5.74) is 2.93. The summed E-state index contributed by atoms with van der Waals surface area (Å²) >= 11 is 11.6. The zero-order valence-corrected chi connectivity index (χ0v) is 14.2. The molecule has 126 valence electrons.